The van der Waals surface area contributed by atoms with Gasteiger partial charge in [0.05, 0.1) is 10.3 Å². The lowest BCUT2D eigenvalue weighted by Crippen LogP contribution is -2.54. The predicted molar refractivity (Wildman–Crippen MR) is 121 cm³/mol. The molecule has 1 unspecified atom stereocenters. The van der Waals surface area contributed by atoms with E-state index in [-0.39, 0.29) is 23.0 Å². The molecule has 0 spiro atoms. The van der Waals surface area contributed by atoms with E-state index in [9.17, 15) is 14.9 Å². The molecule has 3 aliphatic rings. The Labute approximate surface area is 184 Å². The van der Waals surface area contributed by atoms with E-state index in [0.717, 1.165) is 38.5 Å². The Morgan fingerprint density at radius 3 is 2.45 bits per heavy atom. The van der Waals surface area contributed by atoms with Crippen LogP contribution in [0.1, 0.15) is 72.6 Å². The van der Waals surface area contributed by atoms with Gasteiger partial charge in [0, 0.05) is 12.1 Å². The van der Waals surface area contributed by atoms with Crippen LogP contribution in [-0.4, -0.2) is 10.9 Å². The summed E-state index contributed by atoms with van der Waals surface area (Å²) < 4.78 is 5.79. The van der Waals surface area contributed by atoms with Gasteiger partial charge in [-0.1, -0.05) is 30.6 Å². The van der Waals surface area contributed by atoms with Crippen LogP contribution in [-0.2, 0) is 4.79 Å². The third-order valence-electron chi connectivity index (χ3n) is 8.37. The minimum Gasteiger partial charge on any atom is -0.426 e. The number of esters is 1. The van der Waals surface area contributed by atoms with Gasteiger partial charge in [0.1, 0.15) is 5.75 Å². The van der Waals surface area contributed by atoms with Crippen LogP contribution in [0.5, 0.6) is 5.75 Å². The Balaban J connectivity index is 1.58. The van der Waals surface area contributed by atoms with Crippen LogP contribution in [0, 0.1) is 32.8 Å². The molecule has 0 saturated heterocycles. The van der Waals surface area contributed by atoms with Crippen molar-refractivity contribution in [3.05, 3.63) is 57.2 Å². The Morgan fingerprint density at radius 1 is 1.10 bits per heavy atom. The molecule has 5 nitrogen and oxygen atoms in total. The summed E-state index contributed by atoms with van der Waals surface area (Å²) in [5, 5.41) is 10.9. The molecule has 31 heavy (non-hydrogen) atoms. The van der Waals surface area contributed by atoms with Crippen molar-refractivity contribution < 1.29 is 14.5 Å². The van der Waals surface area contributed by atoms with E-state index in [1.807, 2.05) is 0 Å². The van der Waals surface area contributed by atoms with Gasteiger partial charge in [-0.25, -0.2) is 0 Å². The van der Waals surface area contributed by atoms with Crippen molar-refractivity contribution in [3.8, 4) is 5.75 Å². The van der Waals surface area contributed by atoms with E-state index in [4.69, 9.17) is 4.74 Å². The Bertz CT molecular complexity index is 956. The van der Waals surface area contributed by atoms with Crippen molar-refractivity contribution in [3.63, 3.8) is 0 Å². The maximum absolute atomic E-state index is 13.4. The van der Waals surface area contributed by atoms with E-state index in [1.54, 1.807) is 5.57 Å². The molecule has 4 rings (SSSR count). The number of non-ortho nitro benzene ring substituents is 1. The number of nitro groups is 1. The molecule has 5 heteroatoms. The second-order valence-electron chi connectivity index (χ2n) is 10.3. The lowest BCUT2D eigenvalue weighted by atomic mass is 9.46. The predicted octanol–water partition coefficient (Wildman–Crippen LogP) is 6.78. The van der Waals surface area contributed by atoms with Crippen LogP contribution < -0.4 is 4.74 Å². The zero-order valence-electron chi connectivity index (χ0n) is 19.1. The number of hydrogen-bond acceptors (Lipinski definition) is 4. The van der Waals surface area contributed by atoms with Gasteiger partial charge in [0.15, 0.2) is 0 Å². The summed E-state index contributed by atoms with van der Waals surface area (Å²) in [4.78, 5) is 23.9. The number of benzene rings is 1. The van der Waals surface area contributed by atoms with Crippen LogP contribution in [0.15, 0.2) is 47.1 Å². The van der Waals surface area contributed by atoms with Gasteiger partial charge in [-0.2, -0.15) is 0 Å². The lowest BCUT2D eigenvalue weighted by molar-refractivity contribution is -0.384. The van der Waals surface area contributed by atoms with Gasteiger partial charge in [-0.05, 0) is 94.3 Å². The quantitative estimate of drug-likeness (QED) is 0.232. The fraction of sp³-hybridized carbons (Fsp3) is 0.577. The molecular formula is C26H33NO4. The molecule has 1 aromatic rings. The van der Waals surface area contributed by atoms with Crippen LogP contribution >= 0.6 is 0 Å². The highest BCUT2D eigenvalue weighted by Gasteiger charge is 2.58. The first-order valence-corrected chi connectivity index (χ1v) is 11.5. The molecule has 0 heterocycles. The first-order valence-electron chi connectivity index (χ1n) is 11.5. The highest BCUT2D eigenvalue weighted by atomic mass is 16.6. The maximum atomic E-state index is 13.4. The summed E-state index contributed by atoms with van der Waals surface area (Å²) in [6.45, 7) is 8.89. The molecule has 3 aliphatic carbocycles. The SMILES string of the molecule is CC(C)=C1C=C2CC[C@H]3[C@](C)(C(=O)Oc4ccc([N+](=O)[O-])cc4)CCC[C@]3(C)C2CC1. The van der Waals surface area contributed by atoms with Gasteiger partial charge in [-0.15, -0.1) is 0 Å². The number of nitrogens with zero attached hydrogens (tertiary/aromatic N) is 1. The minimum atomic E-state index is -0.531. The van der Waals surface area contributed by atoms with Crippen molar-refractivity contribution in [2.45, 2.75) is 72.6 Å². The summed E-state index contributed by atoms with van der Waals surface area (Å²) in [5.74, 6) is 1.02. The summed E-state index contributed by atoms with van der Waals surface area (Å²) in [5.41, 5.74) is 4.06. The van der Waals surface area contributed by atoms with E-state index in [0.29, 0.717) is 11.7 Å². The third-order valence-corrected chi connectivity index (χ3v) is 8.37. The van der Waals surface area contributed by atoms with Crippen LogP contribution in [0.25, 0.3) is 0 Å². The molecule has 4 atom stereocenters. The normalized spacial score (nSPS) is 32.4. The Morgan fingerprint density at radius 2 is 1.81 bits per heavy atom. The molecule has 0 bridgehead atoms. The van der Waals surface area contributed by atoms with Gasteiger partial charge >= 0.3 is 5.97 Å². The third kappa shape index (κ3) is 3.72. The molecule has 166 valence electrons. The van der Waals surface area contributed by atoms with Gasteiger partial charge in [0.2, 0.25) is 0 Å². The maximum Gasteiger partial charge on any atom is 0.317 e. The minimum absolute atomic E-state index is 0.00381. The molecule has 0 radical (unpaired) electrons. The van der Waals surface area contributed by atoms with E-state index < -0.39 is 10.3 Å². The standard InChI is InChI=1S/C26H33NO4/c1-17(2)18-6-12-22-19(16-18)7-13-23-25(22,3)14-5-15-26(23,4)24(28)31-21-10-8-20(9-11-21)27(29)30/h8-11,16,22-23H,5-7,12-15H2,1-4H3/t22?,23-,25-,26-/m1/s1. The van der Waals surface area contributed by atoms with E-state index >= 15 is 0 Å². The molecule has 0 aliphatic heterocycles. The number of carbonyl (C=O) groups excluding carboxylic acids is 1. The van der Waals surface area contributed by atoms with Crippen LogP contribution in [0.2, 0.25) is 0 Å². The van der Waals surface area contributed by atoms with Crippen molar-refractivity contribution in [1.82, 2.24) is 0 Å². The Kier molecular flexibility index (Phi) is 5.57. The second-order valence-corrected chi connectivity index (χ2v) is 10.3. The lowest BCUT2D eigenvalue weighted by Gasteiger charge is -2.58. The summed E-state index contributed by atoms with van der Waals surface area (Å²) in [6.07, 6.45) is 9.84. The van der Waals surface area contributed by atoms with Crippen molar-refractivity contribution in [2.75, 3.05) is 0 Å². The second kappa shape index (κ2) is 7.92. The zero-order valence-corrected chi connectivity index (χ0v) is 19.1. The number of rotatable bonds is 3. The van der Waals surface area contributed by atoms with Crippen molar-refractivity contribution in [2.24, 2.45) is 22.7 Å². The molecule has 2 fully saturated rings. The molecule has 2 saturated carbocycles. The average molecular weight is 424 g/mol. The number of allylic oxidation sites excluding steroid dienone is 4. The van der Waals surface area contributed by atoms with Crippen LogP contribution in [0.3, 0.4) is 0 Å². The van der Waals surface area contributed by atoms with Crippen molar-refractivity contribution >= 4 is 11.7 Å². The van der Waals surface area contributed by atoms with E-state index in [1.165, 1.54) is 41.8 Å². The summed E-state index contributed by atoms with van der Waals surface area (Å²) in [6, 6.07) is 5.81. The highest BCUT2D eigenvalue weighted by Crippen LogP contribution is 2.63. The zero-order chi connectivity index (χ0) is 22.4. The monoisotopic (exact) mass is 423 g/mol. The van der Waals surface area contributed by atoms with Gasteiger partial charge in [0.25, 0.3) is 5.69 Å². The summed E-state index contributed by atoms with van der Waals surface area (Å²) in [7, 11) is 0. The largest absolute Gasteiger partial charge is 0.426 e. The number of fused-ring (bicyclic) bond motifs is 3. The van der Waals surface area contributed by atoms with Gasteiger partial charge in [-0.3, -0.25) is 14.9 Å². The fourth-order valence-corrected chi connectivity index (χ4v) is 6.67. The average Bonchev–Trinajstić information content (AvgIpc) is 2.73. The van der Waals surface area contributed by atoms with Gasteiger partial charge < -0.3 is 4.74 Å². The Hall–Kier alpha value is -2.43. The molecule has 0 aromatic heterocycles. The molecule has 1 aromatic carbocycles. The number of ether oxygens (including phenoxy) is 1. The smallest absolute Gasteiger partial charge is 0.317 e. The van der Waals surface area contributed by atoms with Crippen molar-refractivity contribution in [1.29, 1.82) is 0 Å². The molecule has 0 amide bonds. The number of carbonyl (C=O) groups is 1. The van der Waals surface area contributed by atoms with E-state index in [2.05, 4.69) is 33.8 Å². The molecule has 0 N–H and O–H groups in total. The fourth-order valence-electron chi connectivity index (χ4n) is 6.67. The molecular weight excluding hydrogens is 390 g/mol. The number of hydrogen-bond donors (Lipinski definition) is 0. The topological polar surface area (TPSA) is 69.4 Å². The van der Waals surface area contributed by atoms with Crippen LogP contribution in [0.4, 0.5) is 5.69 Å². The number of nitro benzene ring substituents is 1. The highest BCUT2D eigenvalue weighted by molar-refractivity contribution is 5.79. The summed E-state index contributed by atoms with van der Waals surface area (Å²) >= 11 is 0. The first-order chi connectivity index (χ1) is 14.6. The first kappa shape index (κ1) is 21.8.